The van der Waals surface area contributed by atoms with E-state index in [1.54, 1.807) is 6.92 Å². The minimum Gasteiger partial charge on any atom is -0.486 e. The Bertz CT molecular complexity index is 863. The third-order valence-corrected chi connectivity index (χ3v) is 5.99. The fourth-order valence-corrected chi connectivity index (χ4v) is 4.37. The molecule has 2 aliphatic rings. The molecule has 0 bridgehead atoms. The molecule has 0 radical (unpaired) electrons. The molecule has 27 heavy (non-hydrogen) atoms. The van der Waals surface area contributed by atoms with Gasteiger partial charge in [0.05, 0.1) is 4.88 Å². The average molecular weight is 386 g/mol. The zero-order valence-electron chi connectivity index (χ0n) is 15.3. The van der Waals surface area contributed by atoms with Crippen LogP contribution in [0, 0.1) is 0 Å². The number of ether oxygens (including phenoxy) is 2. The number of carbonyl (C=O) groups is 2. The van der Waals surface area contributed by atoms with Gasteiger partial charge in [0, 0.05) is 38.0 Å². The highest BCUT2D eigenvalue weighted by Crippen LogP contribution is 2.37. The second-order valence-electron chi connectivity index (χ2n) is 6.67. The molecule has 2 aliphatic heterocycles. The summed E-state index contributed by atoms with van der Waals surface area (Å²) in [5.74, 6) is 1.62. The Hall–Kier alpha value is -2.54. The van der Waals surface area contributed by atoms with Gasteiger partial charge in [-0.2, -0.15) is 0 Å². The van der Waals surface area contributed by atoms with Gasteiger partial charge in [-0.1, -0.05) is 0 Å². The standard InChI is InChI=1S/C20H22N2O4S/c1-14(23)21-7-2-8-22(10-9-21)20(24)19-6-5-18(27-19)15-3-4-16-17(13-15)26-12-11-25-16/h3-6,13H,2,7-12H2,1H3. The number of benzene rings is 1. The lowest BCUT2D eigenvalue weighted by Crippen LogP contribution is -2.36. The van der Waals surface area contributed by atoms with E-state index < -0.39 is 0 Å². The van der Waals surface area contributed by atoms with Crippen LogP contribution < -0.4 is 9.47 Å². The molecule has 6 nitrogen and oxygen atoms in total. The first-order valence-electron chi connectivity index (χ1n) is 9.16. The summed E-state index contributed by atoms with van der Waals surface area (Å²) in [7, 11) is 0. The maximum Gasteiger partial charge on any atom is 0.264 e. The summed E-state index contributed by atoms with van der Waals surface area (Å²) in [5, 5.41) is 0. The minimum absolute atomic E-state index is 0.0363. The van der Waals surface area contributed by atoms with Crippen LogP contribution in [-0.2, 0) is 4.79 Å². The smallest absolute Gasteiger partial charge is 0.264 e. The lowest BCUT2D eigenvalue weighted by Gasteiger charge is -2.20. The second kappa shape index (κ2) is 7.60. The van der Waals surface area contributed by atoms with Gasteiger partial charge >= 0.3 is 0 Å². The van der Waals surface area contributed by atoms with Crippen LogP contribution in [0.15, 0.2) is 30.3 Å². The van der Waals surface area contributed by atoms with E-state index in [2.05, 4.69) is 0 Å². The summed E-state index contributed by atoms with van der Waals surface area (Å²) in [4.78, 5) is 29.9. The van der Waals surface area contributed by atoms with E-state index >= 15 is 0 Å². The van der Waals surface area contributed by atoms with Gasteiger partial charge < -0.3 is 19.3 Å². The van der Waals surface area contributed by atoms with Crippen molar-refractivity contribution in [1.29, 1.82) is 0 Å². The van der Waals surface area contributed by atoms with Crippen molar-refractivity contribution < 1.29 is 19.1 Å². The molecular formula is C20H22N2O4S. The monoisotopic (exact) mass is 386 g/mol. The van der Waals surface area contributed by atoms with Gasteiger partial charge in [-0.15, -0.1) is 11.3 Å². The van der Waals surface area contributed by atoms with E-state index in [0.29, 0.717) is 39.4 Å². The van der Waals surface area contributed by atoms with Crippen LogP contribution in [0.1, 0.15) is 23.0 Å². The molecule has 1 saturated heterocycles. The Morgan fingerprint density at radius 1 is 0.926 bits per heavy atom. The summed E-state index contributed by atoms with van der Waals surface area (Å²) < 4.78 is 11.2. The first-order valence-corrected chi connectivity index (χ1v) is 9.98. The Morgan fingerprint density at radius 2 is 1.67 bits per heavy atom. The van der Waals surface area contributed by atoms with Crippen LogP contribution >= 0.6 is 11.3 Å². The Labute approximate surface area is 162 Å². The molecule has 1 aromatic carbocycles. The topological polar surface area (TPSA) is 59.1 Å². The quantitative estimate of drug-likeness (QED) is 0.796. The number of amides is 2. The second-order valence-corrected chi connectivity index (χ2v) is 7.76. The normalized spacial score (nSPS) is 16.8. The van der Waals surface area contributed by atoms with Gasteiger partial charge in [-0.25, -0.2) is 0 Å². The molecular weight excluding hydrogens is 364 g/mol. The van der Waals surface area contributed by atoms with Gasteiger partial charge in [0.1, 0.15) is 13.2 Å². The maximum atomic E-state index is 12.9. The summed E-state index contributed by atoms with van der Waals surface area (Å²) in [6.07, 6.45) is 0.811. The highest BCUT2D eigenvalue weighted by molar-refractivity contribution is 7.17. The predicted octanol–water partition coefficient (Wildman–Crippen LogP) is 2.88. The number of thiophene rings is 1. The molecule has 2 aromatic rings. The molecule has 2 amide bonds. The average Bonchev–Trinajstić information content (AvgIpc) is 3.04. The van der Waals surface area contributed by atoms with Gasteiger partial charge in [0.15, 0.2) is 11.5 Å². The molecule has 1 fully saturated rings. The van der Waals surface area contributed by atoms with Crippen LogP contribution in [0.3, 0.4) is 0 Å². The van der Waals surface area contributed by atoms with E-state index in [4.69, 9.17) is 9.47 Å². The molecule has 3 heterocycles. The Balaban J connectivity index is 1.49. The third-order valence-electron chi connectivity index (χ3n) is 4.87. The van der Waals surface area contributed by atoms with Crippen LogP contribution in [0.5, 0.6) is 11.5 Å². The van der Waals surface area contributed by atoms with Gasteiger partial charge in [-0.05, 0) is 42.3 Å². The molecule has 1 aromatic heterocycles. The van der Waals surface area contributed by atoms with E-state index in [1.165, 1.54) is 11.3 Å². The molecule has 0 atom stereocenters. The van der Waals surface area contributed by atoms with E-state index in [-0.39, 0.29) is 11.8 Å². The lowest BCUT2D eigenvalue weighted by atomic mass is 10.1. The molecule has 4 rings (SSSR count). The van der Waals surface area contributed by atoms with Crippen LogP contribution in [-0.4, -0.2) is 61.0 Å². The van der Waals surface area contributed by atoms with Crippen molar-refractivity contribution in [1.82, 2.24) is 9.80 Å². The molecule has 0 aliphatic carbocycles. The first-order chi connectivity index (χ1) is 13.1. The van der Waals surface area contributed by atoms with Crippen LogP contribution in [0.25, 0.3) is 10.4 Å². The largest absolute Gasteiger partial charge is 0.486 e. The van der Waals surface area contributed by atoms with Gasteiger partial charge in [0.25, 0.3) is 5.91 Å². The summed E-state index contributed by atoms with van der Waals surface area (Å²) in [6.45, 7) is 5.27. The number of hydrogen-bond donors (Lipinski definition) is 0. The third kappa shape index (κ3) is 3.78. The maximum absolute atomic E-state index is 12.9. The number of carbonyl (C=O) groups excluding carboxylic acids is 2. The van der Waals surface area contributed by atoms with Crippen LogP contribution in [0.2, 0.25) is 0 Å². The predicted molar refractivity (Wildman–Crippen MR) is 104 cm³/mol. The van der Waals surface area contributed by atoms with Crippen molar-refractivity contribution in [3.05, 3.63) is 35.2 Å². The Morgan fingerprint density at radius 3 is 2.48 bits per heavy atom. The fraction of sp³-hybridized carbons (Fsp3) is 0.400. The molecule has 0 spiro atoms. The Kier molecular flexibility index (Phi) is 5.03. The lowest BCUT2D eigenvalue weighted by molar-refractivity contribution is -0.128. The van der Waals surface area contributed by atoms with Crippen LogP contribution in [0.4, 0.5) is 0 Å². The zero-order chi connectivity index (χ0) is 18.8. The molecule has 0 saturated carbocycles. The van der Waals surface area contributed by atoms with Gasteiger partial charge in [0.2, 0.25) is 5.91 Å². The number of hydrogen-bond acceptors (Lipinski definition) is 5. The van der Waals surface area contributed by atoms with Crippen molar-refractivity contribution in [2.75, 3.05) is 39.4 Å². The summed E-state index contributed by atoms with van der Waals surface area (Å²) in [6, 6.07) is 9.72. The van der Waals surface area contributed by atoms with E-state index in [1.807, 2.05) is 40.1 Å². The molecule has 0 unspecified atom stereocenters. The molecule has 7 heteroatoms. The molecule has 0 N–H and O–H groups in total. The summed E-state index contributed by atoms with van der Waals surface area (Å²) in [5.41, 5.74) is 1.02. The van der Waals surface area contributed by atoms with E-state index in [9.17, 15) is 9.59 Å². The number of nitrogens with zero attached hydrogens (tertiary/aromatic N) is 2. The van der Waals surface area contributed by atoms with E-state index in [0.717, 1.165) is 33.2 Å². The SMILES string of the molecule is CC(=O)N1CCCN(C(=O)c2ccc(-c3ccc4c(c3)OCCO4)s2)CC1. The van der Waals surface area contributed by atoms with Crippen molar-refractivity contribution in [2.24, 2.45) is 0 Å². The van der Waals surface area contributed by atoms with Gasteiger partial charge in [-0.3, -0.25) is 9.59 Å². The van der Waals surface area contributed by atoms with Crippen molar-refractivity contribution in [3.63, 3.8) is 0 Å². The molecule has 142 valence electrons. The highest BCUT2D eigenvalue weighted by Gasteiger charge is 2.23. The fourth-order valence-electron chi connectivity index (χ4n) is 3.40. The van der Waals surface area contributed by atoms with Crippen molar-refractivity contribution in [2.45, 2.75) is 13.3 Å². The summed E-state index contributed by atoms with van der Waals surface area (Å²) >= 11 is 1.48. The van der Waals surface area contributed by atoms with Crippen molar-refractivity contribution in [3.8, 4) is 21.9 Å². The van der Waals surface area contributed by atoms with Crippen molar-refractivity contribution >= 4 is 23.2 Å². The highest BCUT2D eigenvalue weighted by atomic mass is 32.1. The number of rotatable bonds is 2. The zero-order valence-corrected chi connectivity index (χ0v) is 16.1. The minimum atomic E-state index is 0.0363. The number of fused-ring (bicyclic) bond motifs is 1. The first kappa shape index (κ1) is 17.9.